The first-order valence-corrected chi connectivity index (χ1v) is 13.5. The fraction of sp³-hybridized carbons (Fsp3) is 0.323. The van der Waals surface area contributed by atoms with Crippen molar-refractivity contribution in [1.29, 1.82) is 10.7 Å². The quantitative estimate of drug-likeness (QED) is 0.179. The first-order chi connectivity index (χ1) is 19.9. The van der Waals surface area contributed by atoms with Crippen LogP contribution in [0.3, 0.4) is 0 Å². The molecule has 11 heteroatoms. The monoisotopic (exact) mass is 575 g/mol. The zero-order valence-corrected chi connectivity index (χ0v) is 23.6. The van der Waals surface area contributed by atoms with Gasteiger partial charge in [0.05, 0.1) is 17.1 Å². The summed E-state index contributed by atoms with van der Waals surface area (Å²) in [6, 6.07) is 6.27. The lowest BCUT2D eigenvalue weighted by atomic mass is 9.92. The lowest BCUT2D eigenvalue weighted by Crippen LogP contribution is -2.30. The van der Waals surface area contributed by atoms with Crippen LogP contribution in [0.15, 0.2) is 70.5 Å². The molecule has 1 aromatic heterocycles. The van der Waals surface area contributed by atoms with E-state index in [4.69, 9.17) is 11.1 Å². The molecular weight excluding hydrogens is 543 g/mol. The highest BCUT2D eigenvalue weighted by molar-refractivity contribution is 5.95. The second-order valence-corrected chi connectivity index (χ2v) is 10.5. The number of nitrogens with one attached hydrogen (secondary N) is 2. The lowest BCUT2D eigenvalue weighted by molar-refractivity contribution is -0.121. The number of amidine groups is 1. The van der Waals surface area contributed by atoms with Gasteiger partial charge in [-0.15, -0.1) is 0 Å². The number of nitrogens with zero attached hydrogens (tertiary/aromatic N) is 4. The highest BCUT2D eigenvalue weighted by Gasteiger charge is 2.49. The number of amides is 1. The maximum absolute atomic E-state index is 14.3. The van der Waals surface area contributed by atoms with Gasteiger partial charge >= 0.3 is 0 Å². The Balaban J connectivity index is 1.76. The number of fused-ring (bicyclic) bond motifs is 3. The first kappa shape index (κ1) is 30.2. The molecule has 1 amide bonds. The van der Waals surface area contributed by atoms with Crippen molar-refractivity contribution in [2.45, 2.75) is 58.4 Å². The molecule has 0 radical (unpaired) electrons. The van der Waals surface area contributed by atoms with Crippen LogP contribution in [0, 0.1) is 28.5 Å². The Morgan fingerprint density at radius 3 is 2.76 bits per heavy atom. The van der Waals surface area contributed by atoms with E-state index in [0.29, 0.717) is 28.8 Å². The summed E-state index contributed by atoms with van der Waals surface area (Å²) in [5, 5.41) is 24.5. The van der Waals surface area contributed by atoms with Crippen LogP contribution >= 0.6 is 0 Å². The molecule has 0 saturated heterocycles. The molecule has 2 aliphatic carbocycles. The van der Waals surface area contributed by atoms with Crippen LogP contribution in [0.1, 0.15) is 73.5 Å². The number of nitrogens with two attached hydrogens (primary N) is 1. The van der Waals surface area contributed by atoms with Crippen LogP contribution in [0.2, 0.25) is 0 Å². The van der Waals surface area contributed by atoms with Gasteiger partial charge in [-0.2, -0.15) is 10.4 Å². The third kappa shape index (κ3) is 6.60. The number of hydrogen-bond acceptors (Lipinski definition) is 5. The summed E-state index contributed by atoms with van der Waals surface area (Å²) in [6.07, 6.45) is 5.35. The summed E-state index contributed by atoms with van der Waals surface area (Å²) < 4.78 is 43.7. The summed E-state index contributed by atoms with van der Waals surface area (Å²) in [6.45, 7) is 7.72. The van der Waals surface area contributed by atoms with Crippen molar-refractivity contribution in [3.8, 4) is 6.07 Å². The van der Waals surface area contributed by atoms with Crippen molar-refractivity contribution in [1.82, 2.24) is 15.1 Å². The molecular formula is C31H32F3N7O. The first-order valence-electron chi connectivity index (χ1n) is 13.5. The van der Waals surface area contributed by atoms with Crippen LogP contribution in [0.4, 0.5) is 13.2 Å². The van der Waals surface area contributed by atoms with Crippen LogP contribution in [0.25, 0.3) is 0 Å². The minimum Gasteiger partial charge on any atom is -0.384 e. The molecule has 0 bridgehead atoms. The van der Waals surface area contributed by atoms with Gasteiger partial charge in [-0.1, -0.05) is 19.6 Å². The Hall–Kier alpha value is -4.72. The van der Waals surface area contributed by atoms with Crippen molar-refractivity contribution >= 4 is 18.0 Å². The Bertz CT molecular complexity index is 1620. The Labute approximate surface area is 242 Å². The van der Waals surface area contributed by atoms with Gasteiger partial charge in [0.15, 0.2) is 5.69 Å². The normalized spacial score (nSPS) is 19.1. The maximum atomic E-state index is 14.3. The maximum Gasteiger partial charge on any atom is 0.245 e. The van der Waals surface area contributed by atoms with Gasteiger partial charge in [0, 0.05) is 35.5 Å². The molecule has 42 heavy (non-hydrogen) atoms. The number of aromatic nitrogens is 2. The number of allylic oxidation sites excluding steroid dienone is 6. The SMILES string of the molecule is C=C(F)C=C(C=C(C)F)C/C(NC(=O)Cn1nc(C#N)c2c1CC1CC21)=C(/N=CC)C(C)c1ccc(F)c(C(=N)N)c1. The van der Waals surface area contributed by atoms with E-state index in [1.54, 1.807) is 18.5 Å². The van der Waals surface area contributed by atoms with Crippen molar-refractivity contribution in [2.24, 2.45) is 16.6 Å². The van der Waals surface area contributed by atoms with Gasteiger partial charge < -0.3 is 11.1 Å². The molecule has 2 aliphatic rings. The number of rotatable bonds is 11. The number of carbonyl (C=O) groups excluding carboxylic acids is 1. The summed E-state index contributed by atoms with van der Waals surface area (Å²) >= 11 is 0. The predicted octanol–water partition coefficient (Wildman–Crippen LogP) is 5.73. The molecule has 1 saturated carbocycles. The summed E-state index contributed by atoms with van der Waals surface area (Å²) in [5.41, 5.74) is 8.92. The number of carbonyl (C=O) groups is 1. The Morgan fingerprint density at radius 1 is 1.40 bits per heavy atom. The molecule has 3 atom stereocenters. The number of aliphatic imine (C=N–C) groups is 1. The smallest absolute Gasteiger partial charge is 0.245 e. The van der Waals surface area contributed by atoms with E-state index in [1.807, 2.05) is 0 Å². The van der Waals surface area contributed by atoms with E-state index < -0.39 is 35.1 Å². The highest BCUT2D eigenvalue weighted by Crippen LogP contribution is 2.57. The van der Waals surface area contributed by atoms with Crippen molar-refractivity contribution in [3.05, 3.63) is 99.4 Å². The molecule has 1 aromatic carbocycles. The molecule has 4 rings (SSSR count). The van der Waals surface area contributed by atoms with Gasteiger partial charge in [0.1, 0.15) is 30.1 Å². The summed E-state index contributed by atoms with van der Waals surface area (Å²) in [5.74, 6) is -2.73. The fourth-order valence-electron chi connectivity index (χ4n) is 5.52. The zero-order valence-electron chi connectivity index (χ0n) is 23.6. The van der Waals surface area contributed by atoms with Crippen molar-refractivity contribution in [2.75, 3.05) is 0 Å². The van der Waals surface area contributed by atoms with Crippen LogP contribution in [-0.2, 0) is 17.8 Å². The average Bonchev–Trinajstić information content (AvgIpc) is 3.44. The average molecular weight is 576 g/mol. The predicted molar refractivity (Wildman–Crippen MR) is 154 cm³/mol. The molecule has 2 aromatic rings. The van der Waals surface area contributed by atoms with Gasteiger partial charge in [-0.25, -0.2) is 13.2 Å². The molecule has 0 spiro atoms. The number of benzene rings is 1. The summed E-state index contributed by atoms with van der Waals surface area (Å²) in [7, 11) is 0. The van der Waals surface area contributed by atoms with Gasteiger partial charge in [0.2, 0.25) is 5.91 Å². The lowest BCUT2D eigenvalue weighted by Gasteiger charge is -2.21. The molecule has 4 N–H and O–H groups in total. The molecule has 1 fully saturated rings. The van der Waals surface area contributed by atoms with Crippen molar-refractivity contribution in [3.63, 3.8) is 0 Å². The number of nitriles is 1. The van der Waals surface area contributed by atoms with E-state index in [9.17, 15) is 23.2 Å². The third-order valence-corrected chi connectivity index (χ3v) is 7.41. The second-order valence-electron chi connectivity index (χ2n) is 10.5. The van der Waals surface area contributed by atoms with Gasteiger partial charge in [-0.05, 0) is 73.9 Å². The Kier molecular flexibility index (Phi) is 8.95. The van der Waals surface area contributed by atoms with E-state index in [-0.39, 0.29) is 29.8 Å². The number of hydrogen-bond donors (Lipinski definition) is 3. The topological polar surface area (TPSA) is 133 Å². The zero-order chi connectivity index (χ0) is 30.7. The van der Waals surface area contributed by atoms with E-state index in [1.165, 1.54) is 31.3 Å². The van der Waals surface area contributed by atoms with E-state index in [0.717, 1.165) is 36.3 Å². The molecule has 8 nitrogen and oxygen atoms in total. The third-order valence-electron chi connectivity index (χ3n) is 7.41. The van der Waals surface area contributed by atoms with E-state index >= 15 is 0 Å². The van der Waals surface area contributed by atoms with Crippen LogP contribution in [-0.4, -0.2) is 27.7 Å². The number of nitrogen functional groups attached to an aromatic ring is 1. The number of halogens is 3. The standard InChI is InChI=1S/C31H32F3N7O/c1-5-38-30(18(4)20-6-7-24(34)23(11-20)31(36)37)25(10-19(8-16(2)32)9-17(3)33)39-28(42)15-41-27-13-21-12-22(21)29(27)26(14-35)40-41/h5-9,11,18,21-22H,2,10,12-13,15H2,1,3-4H3,(H3,36,37)(H,39,42)/b17-9?,19-8?,30-25-,38-5?. The molecule has 1 heterocycles. The largest absolute Gasteiger partial charge is 0.384 e. The van der Waals surface area contributed by atoms with E-state index in [2.05, 4.69) is 28.1 Å². The van der Waals surface area contributed by atoms with Crippen molar-refractivity contribution < 1.29 is 18.0 Å². The molecule has 218 valence electrons. The van der Waals surface area contributed by atoms with Crippen LogP contribution < -0.4 is 11.1 Å². The minimum atomic E-state index is -0.805. The summed E-state index contributed by atoms with van der Waals surface area (Å²) in [4.78, 5) is 18.0. The Morgan fingerprint density at radius 2 is 2.14 bits per heavy atom. The van der Waals surface area contributed by atoms with Gasteiger partial charge in [-0.3, -0.25) is 19.9 Å². The minimum absolute atomic E-state index is 0.0889. The van der Waals surface area contributed by atoms with Crippen LogP contribution in [0.5, 0.6) is 0 Å². The molecule has 0 aliphatic heterocycles. The second kappa shape index (κ2) is 12.4. The highest BCUT2D eigenvalue weighted by atomic mass is 19.1. The van der Waals surface area contributed by atoms with Gasteiger partial charge in [0.25, 0.3) is 0 Å². The molecule has 3 unspecified atom stereocenters. The fourth-order valence-corrected chi connectivity index (χ4v) is 5.52.